The van der Waals surface area contributed by atoms with E-state index in [2.05, 4.69) is 6.92 Å². The molecular weight excluding hydrogens is 231 g/mol. The first kappa shape index (κ1) is 13.3. The van der Waals surface area contributed by atoms with E-state index in [0.29, 0.717) is 0 Å². The number of hydrogen-bond acceptors (Lipinski definition) is 1. The Balaban J connectivity index is 3.19. The number of rotatable bonds is 7. The van der Waals surface area contributed by atoms with Crippen LogP contribution in [0.3, 0.4) is 0 Å². The minimum atomic E-state index is -2.76. The Kier molecular flexibility index (Phi) is 8.44. The maximum atomic E-state index is 5.96. The summed E-state index contributed by atoms with van der Waals surface area (Å²) in [4.78, 5) is 0. The zero-order valence-corrected chi connectivity index (χ0v) is 11.0. The van der Waals surface area contributed by atoms with E-state index in [1.165, 1.54) is 19.3 Å². The summed E-state index contributed by atoms with van der Waals surface area (Å²) in [7, 11) is 11.9. The molecule has 0 radical (unpaired) electrons. The zero-order valence-electron chi connectivity index (χ0n) is 7.91. The van der Waals surface area contributed by atoms with Crippen LogP contribution in [0.5, 0.6) is 0 Å². The summed E-state index contributed by atoms with van der Waals surface area (Å²) in [5.41, 5.74) is 0. The van der Waals surface area contributed by atoms with Gasteiger partial charge in [-0.25, -0.2) is 0 Å². The van der Waals surface area contributed by atoms with E-state index in [1.807, 2.05) is 6.92 Å². The Morgan fingerprint density at radius 2 is 1.75 bits per heavy atom. The maximum absolute atomic E-state index is 5.96. The zero-order chi connectivity index (χ0) is 9.45. The van der Waals surface area contributed by atoms with Crippen molar-refractivity contribution in [3.05, 3.63) is 0 Å². The molecule has 0 saturated carbocycles. The van der Waals surface area contributed by atoms with Crippen LogP contribution in [0.25, 0.3) is 0 Å². The summed E-state index contributed by atoms with van der Waals surface area (Å²) in [5, 5.41) is 0. The molecule has 0 atom stereocenters. The van der Waals surface area contributed by atoms with Gasteiger partial charge in [0, 0.05) is 0 Å². The third-order valence-corrected chi connectivity index (χ3v) is 7.09. The normalized spacial score (nSPS) is 12.0. The van der Waals surface area contributed by atoms with Crippen LogP contribution < -0.4 is 0 Å². The van der Waals surface area contributed by atoms with Crippen molar-refractivity contribution in [3.63, 3.8) is 0 Å². The first-order valence-corrected chi connectivity index (χ1v) is 10.7. The molecule has 0 aliphatic rings. The summed E-state index contributed by atoms with van der Waals surface area (Å²) in [6, 6.07) is 0. The van der Waals surface area contributed by atoms with E-state index in [-0.39, 0.29) is 0 Å². The van der Waals surface area contributed by atoms with Gasteiger partial charge in [0.15, 0.2) is 0 Å². The summed E-state index contributed by atoms with van der Waals surface area (Å²) in [5.74, 6) is 0. The molecule has 74 valence electrons. The molecule has 0 rings (SSSR count). The fraction of sp³-hybridized carbons (Fsp3) is 1.00. The molecule has 1 nitrogen and oxygen atoms in total. The van der Waals surface area contributed by atoms with Crippen molar-refractivity contribution >= 4 is 18.6 Å². The fourth-order valence-corrected chi connectivity index (χ4v) is 2.50. The average Bonchev–Trinajstić information content (AvgIpc) is 2.04. The third kappa shape index (κ3) is 7.88. The van der Waals surface area contributed by atoms with Crippen LogP contribution in [-0.4, -0.2) is 6.61 Å². The van der Waals surface area contributed by atoms with E-state index < -0.39 is 14.9 Å². The molecule has 12 heavy (non-hydrogen) atoms. The fourth-order valence-electron chi connectivity index (χ4n) is 0.852. The predicted octanol–water partition coefficient (Wildman–Crippen LogP) is 4.40. The van der Waals surface area contributed by atoms with Gasteiger partial charge in [0.05, 0.1) is 0 Å². The second-order valence-corrected chi connectivity index (χ2v) is 12.3. The summed E-state index contributed by atoms with van der Waals surface area (Å²) in [6.07, 6.45) is 4.86. The quantitative estimate of drug-likeness (QED) is 0.480. The molecule has 0 amide bonds. The van der Waals surface area contributed by atoms with E-state index in [1.54, 1.807) is 0 Å². The Morgan fingerprint density at radius 1 is 1.08 bits per heavy atom. The summed E-state index contributed by atoms with van der Waals surface area (Å²) >= 11 is -2.76. The summed E-state index contributed by atoms with van der Waals surface area (Å²) in [6.45, 7) is 4.94. The molecule has 0 fully saturated rings. The van der Waals surface area contributed by atoms with Crippen molar-refractivity contribution in [2.75, 3.05) is 6.61 Å². The van der Waals surface area contributed by atoms with Gasteiger partial charge in [-0.05, 0) is 0 Å². The first-order chi connectivity index (χ1) is 5.62. The van der Waals surface area contributed by atoms with Gasteiger partial charge >= 0.3 is 87.6 Å². The Bertz CT molecular complexity index is 109. The van der Waals surface area contributed by atoms with Crippen LogP contribution in [0.4, 0.5) is 0 Å². The molecule has 0 aliphatic heterocycles. The van der Waals surface area contributed by atoms with Crippen molar-refractivity contribution in [2.24, 2.45) is 0 Å². The van der Waals surface area contributed by atoms with Crippen molar-refractivity contribution in [1.82, 2.24) is 0 Å². The molecule has 0 spiro atoms. The standard InChI is InChI=1S/C6H13O.C2H5.2ClH.Ti/c1-2-3-4-5-6-7;1-2;;;/h2-6H2,1H3;1H2,2H3;2*1H;/q-1;;;;+3/p-2. The Morgan fingerprint density at radius 3 is 2.25 bits per heavy atom. The monoisotopic (exact) mass is 248 g/mol. The summed E-state index contributed by atoms with van der Waals surface area (Å²) < 4.78 is 6.26. The molecule has 0 aromatic carbocycles. The molecule has 4 heteroatoms. The van der Waals surface area contributed by atoms with Crippen molar-refractivity contribution in [1.29, 1.82) is 0 Å². The van der Waals surface area contributed by atoms with Crippen LogP contribution >= 0.6 is 18.6 Å². The number of unbranched alkanes of at least 4 members (excludes halogenated alkanes) is 3. The van der Waals surface area contributed by atoms with E-state index >= 15 is 0 Å². The van der Waals surface area contributed by atoms with Crippen LogP contribution in [0, 0.1) is 0 Å². The van der Waals surface area contributed by atoms with Crippen LogP contribution in [-0.2, 0) is 18.2 Å². The molecule has 0 N–H and O–H groups in total. The number of halogens is 2. The van der Waals surface area contributed by atoms with E-state index in [9.17, 15) is 0 Å². The minimum absolute atomic E-state index is 0.751. The predicted molar refractivity (Wildman–Crippen MR) is 52.3 cm³/mol. The van der Waals surface area contributed by atoms with Crippen LogP contribution in [0.15, 0.2) is 0 Å². The van der Waals surface area contributed by atoms with Gasteiger partial charge in [-0.15, -0.1) is 0 Å². The van der Waals surface area contributed by atoms with Gasteiger partial charge in [0.25, 0.3) is 0 Å². The molecular formula is C8H18Cl2OTi. The molecule has 0 aromatic heterocycles. The van der Waals surface area contributed by atoms with Crippen LogP contribution in [0.1, 0.15) is 39.5 Å². The van der Waals surface area contributed by atoms with Crippen molar-refractivity contribution < 1.29 is 18.2 Å². The molecule has 0 unspecified atom stereocenters. The number of hydrogen-bond donors (Lipinski definition) is 0. The second kappa shape index (κ2) is 7.64. The van der Waals surface area contributed by atoms with Crippen molar-refractivity contribution in [2.45, 2.75) is 44.3 Å². The molecule has 0 bridgehead atoms. The first-order valence-electron chi connectivity index (χ1n) is 4.64. The molecule has 0 aliphatic carbocycles. The topological polar surface area (TPSA) is 9.23 Å². The SMILES string of the molecule is CCCCCC[O][Ti]([Cl])([Cl])[CH2]C. The molecule has 0 aromatic rings. The van der Waals surface area contributed by atoms with Gasteiger partial charge in [0.1, 0.15) is 0 Å². The molecule has 0 saturated heterocycles. The van der Waals surface area contributed by atoms with Crippen LogP contribution in [0.2, 0.25) is 4.73 Å². The van der Waals surface area contributed by atoms with Gasteiger partial charge in [-0.2, -0.15) is 0 Å². The Hall–Kier alpha value is 1.25. The van der Waals surface area contributed by atoms with Gasteiger partial charge in [0.2, 0.25) is 0 Å². The molecule has 0 heterocycles. The van der Waals surface area contributed by atoms with Gasteiger partial charge < -0.3 is 0 Å². The second-order valence-electron chi connectivity index (χ2n) is 2.90. The average molecular weight is 249 g/mol. The Labute approximate surface area is 87.4 Å². The van der Waals surface area contributed by atoms with E-state index in [0.717, 1.165) is 17.8 Å². The van der Waals surface area contributed by atoms with Gasteiger partial charge in [-0.1, -0.05) is 0 Å². The van der Waals surface area contributed by atoms with E-state index in [4.69, 9.17) is 21.9 Å². The third-order valence-electron chi connectivity index (χ3n) is 1.72. The van der Waals surface area contributed by atoms with Gasteiger partial charge in [-0.3, -0.25) is 0 Å². The van der Waals surface area contributed by atoms with Crippen molar-refractivity contribution in [3.8, 4) is 0 Å².